The van der Waals surface area contributed by atoms with Gasteiger partial charge < -0.3 is 23.7 Å². The third-order valence-electron chi connectivity index (χ3n) is 4.55. The van der Waals surface area contributed by atoms with Crippen molar-refractivity contribution in [2.75, 3.05) is 39.6 Å². The van der Waals surface area contributed by atoms with Crippen molar-refractivity contribution < 1.29 is 23.7 Å². The fourth-order valence-corrected chi connectivity index (χ4v) is 2.68. The SMILES string of the molecule is CC(C)[C@@H]1COCCOCCOC[C@@H](C(C)C)OCc2cccc(n2)CO1. The summed E-state index contributed by atoms with van der Waals surface area (Å²) in [4.78, 5) is 4.67. The van der Waals surface area contributed by atoms with Crippen LogP contribution < -0.4 is 0 Å². The molecule has 2 bridgehead atoms. The summed E-state index contributed by atoms with van der Waals surface area (Å²) in [6.07, 6.45) is 0.0542. The monoisotopic (exact) mass is 381 g/mol. The van der Waals surface area contributed by atoms with Crippen LogP contribution in [0.3, 0.4) is 0 Å². The average Bonchev–Trinajstić information content (AvgIpc) is 2.64. The highest BCUT2D eigenvalue weighted by Crippen LogP contribution is 2.13. The van der Waals surface area contributed by atoms with Crippen LogP contribution in [0.4, 0.5) is 0 Å². The molecule has 1 aromatic rings. The lowest BCUT2D eigenvalue weighted by Gasteiger charge is -2.23. The standard InChI is InChI=1S/C21H35NO5/c1-16(2)20-14-24-10-8-23-9-11-25-15-21(17(3)4)27-13-19-7-5-6-18(22-19)12-26-20/h5-7,16-17,20-21H,8-15H2,1-4H3/t20-,21-/m0/s1. The number of ether oxygens (including phenoxy) is 5. The van der Waals surface area contributed by atoms with E-state index in [1.54, 1.807) is 0 Å². The van der Waals surface area contributed by atoms with E-state index in [2.05, 4.69) is 32.7 Å². The Hall–Kier alpha value is -1.05. The molecule has 0 fully saturated rings. The normalized spacial score (nSPS) is 24.5. The van der Waals surface area contributed by atoms with Crippen LogP contribution in [0.5, 0.6) is 0 Å². The van der Waals surface area contributed by atoms with Gasteiger partial charge in [-0.1, -0.05) is 33.8 Å². The number of fused-ring (bicyclic) bond motifs is 2. The largest absolute Gasteiger partial charge is 0.377 e. The molecule has 0 amide bonds. The number of rotatable bonds is 2. The summed E-state index contributed by atoms with van der Waals surface area (Å²) in [7, 11) is 0. The van der Waals surface area contributed by atoms with Gasteiger partial charge in [0.15, 0.2) is 0 Å². The molecule has 1 aliphatic rings. The van der Waals surface area contributed by atoms with Crippen molar-refractivity contribution in [2.45, 2.75) is 53.1 Å². The smallest absolute Gasteiger partial charge is 0.0893 e. The molecule has 2 atom stereocenters. The van der Waals surface area contributed by atoms with Crippen molar-refractivity contribution in [3.8, 4) is 0 Å². The summed E-state index contributed by atoms with van der Waals surface area (Å²) >= 11 is 0. The van der Waals surface area contributed by atoms with E-state index >= 15 is 0 Å². The van der Waals surface area contributed by atoms with Crippen LogP contribution in [-0.2, 0) is 36.9 Å². The molecule has 0 unspecified atom stereocenters. The summed E-state index contributed by atoms with van der Waals surface area (Å²) in [6.45, 7) is 12.8. The van der Waals surface area contributed by atoms with E-state index in [9.17, 15) is 0 Å². The second-order valence-corrected chi connectivity index (χ2v) is 7.57. The molecular formula is C21H35NO5. The first kappa shape index (κ1) is 22.2. The Kier molecular flexibility index (Phi) is 10.2. The van der Waals surface area contributed by atoms with Crippen LogP contribution in [-0.4, -0.2) is 56.8 Å². The molecule has 0 saturated carbocycles. The van der Waals surface area contributed by atoms with Crippen molar-refractivity contribution >= 4 is 0 Å². The minimum Gasteiger partial charge on any atom is -0.377 e. The number of aromatic nitrogens is 1. The predicted octanol–water partition coefficient (Wildman–Crippen LogP) is 3.23. The molecule has 0 aromatic carbocycles. The van der Waals surface area contributed by atoms with Crippen LogP contribution in [0.2, 0.25) is 0 Å². The van der Waals surface area contributed by atoms with Gasteiger partial charge in [-0.05, 0) is 24.0 Å². The van der Waals surface area contributed by atoms with Gasteiger partial charge in [0.05, 0.1) is 76.5 Å². The number of pyridine rings is 1. The molecule has 2 rings (SSSR count). The van der Waals surface area contributed by atoms with Crippen LogP contribution >= 0.6 is 0 Å². The lowest BCUT2D eigenvalue weighted by Crippen LogP contribution is -2.28. The number of nitrogens with zero attached hydrogens (tertiary/aromatic N) is 1. The Labute approximate surface area is 163 Å². The van der Waals surface area contributed by atoms with Crippen molar-refractivity contribution in [3.05, 3.63) is 29.6 Å². The first-order valence-electron chi connectivity index (χ1n) is 9.97. The maximum absolute atomic E-state index is 6.06. The molecule has 0 spiro atoms. The average molecular weight is 382 g/mol. The van der Waals surface area contributed by atoms with Gasteiger partial charge in [0.2, 0.25) is 0 Å². The second kappa shape index (κ2) is 12.4. The van der Waals surface area contributed by atoms with Gasteiger partial charge in [-0.3, -0.25) is 4.98 Å². The van der Waals surface area contributed by atoms with Gasteiger partial charge in [-0.25, -0.2) is 0 Å². The highest BCUT2D eigenvalue weighted by Gasteiger charge is 2.17. The van der Waals surface area contributed by atoms with Gasteiger partial charge in [0.25, 0.3) is 0 Å². The molecule has 2 heterocycles. The van der Waals surface area contributed by atoms with Gasteiger partial charge in [-0.2, -0.15) is 0 Å². The van der Waals surface area contributed by atoms with E-state index < -0.39 is 0 Å². The molecule has 27 heavy (non-hydrogen) atoms. The molecule has 0 radical (unpaired) electrons. The first-order valence-corrected chi connectivity index (χ1v) is 9.97. The minimum absolute atomic E-state index is 0.0271. The lowest BCUT2D eigenvalue weighted by molar-refractivity contribution is -0.0712. The Balaban J connectivity index is 2.01. The van der Waals surface area contributed by atoms with E-state index in [1.165, 1.54) is 0 Å². The Morgan fingerprint density at radius 1 is 0.741 bits per heavy atom. The highest BCUT2D eigenvalue weighted by atomic mass is 16.6. The summed E-state index contributed by atoms with van der Waals surface area (Å²) < 4.78 is 29.1. The molecule has 154 valence electrons. The zero-order chi connectivity index (χ0) is 19.5. The van der Waals surface area contributed by atoms with Gasteiger partial charge in [0.1, 0.15) is 0 Å². The summed E-state index contributed by atoms with van der Waals surface area (Å²) in [5.41, 5.74) is 1.81. The van der Waals surface area contributed by atoms with Gasteiger partial charge >= 0.3 is 0 Å². The molecule has 1 aromatic heterocycles. The van der Waals surface area contributed by atoms with Crippen molar-refractivity contribution in [2.24, 2.45) is 11.8 Å². The van der Waals surface area contributed by atoms with E-state index in [4.69, 9.17) is 23.7 Å². The molecule has 1 aliphatic heterocycles. The zero-order valence-corrected chi connectivity index (χ0v) is 17.2. The molecule has 0 saturated heterocycles. The van der Waals surface area contributed by atoms with E-state index in [1.807, 2.05) is 18.2 Å². The molecule has 6 nitrogen and oxygen atoms in total. The highest BCUT2D eigenvalue weighted by molar-refractivity contribution is 5.10. The Morgan fingerprint density at radius 3 is 1.63 bits per heavy atom. The number of hydrogen-bond donors (Lipinski definition) is 0. The fourth-order valence-electron chi connectivity index (χ4n) is 2.68. The topological polar surface area (TPSA) is 59.0 Å². The summed E-state index contributed by atoms with van der Waals surface area (Å²) in [5, 5.41) is 0. The molecule has 6 heteroatoms. The fraction of sp³-hybridized carbons (Fsp3) is 0.762. The minimum atomic E-state index is 0.0271. The summed E-state index contributed by atoms with van der Waals surface area (Å²) in [6, 6.07) is 5.97. The third kappa shape index (κ3) is 8.66. The molecule has 0 aliphatic carbocycles. The van der Waals surface area contributed by atoms with Crippen molar-refractivity contribution in [3.63, 3.8) is 0 Å². The molecule has 0 N–H and O–H groups in total. The zero-order valence-electron chi connectivity index (χ0n) is 17.2. The summed E-state index contributed by atoms with van der Waals surface area (Å²) in [5.74, 6) is 0.728. The Morgan fingerprint density at radius 2 is 1.19 bits per heavy atom. The lowest BCUT2D eigenvalue weighted by atomic mass is 10.1. The third-order valence-corrected chi connectivity index (χ3v) is 4.55. The Bertz CT molecular complexity index is 482. The first-order chi connectivity index (χ1) is 13.1. The van der Waals surface area contributed by atoms with E-state index in [0.717, 1.165) is 11.4 Å². The van der Waals surface area contributed by atoms with Crippen LogP contribution in [0.15, 0.2) is 18.2 Å². The van der Waals surface area contributed by atoms with E-state index in [-0.39, 0.29) is 12.2 Å². The van der Waals surface area contributed by atoms with Crippen molar-refractivity contribution in [1.82, 2.24) is 4.98 Å². The van der Waals surface area contributed by atoms with Gasteiger partial charge in [0, 0.05) is 0 Å². The molecular weight excluding hydrogens is 346 g/mol. The second-order valence-electron chi connectivity index (χ2n) is 7.57. The number of hydrogen-bond acceptors (Lipinski definition) is 6. The van der Waals surface area contributed by atoms with E-state index in [0.29, 0.717) is 64.7 Å². The van der Waals surface area contributed by atoms with Gasteiger partial charge in [-0.15, -0.1) is 0 Å². The van der Waals surface area contributed by atoms with Crippen molar-refractivity contribution in [1.29, 1.82) is 0 Å². The maximum atomic E-state index is 6.06. The predicted molar refractivity (Wildman–Crippen MR) is 104 cm³/mol. The van der Waals surface area contributed by atoms with Crippen LogP contribution in [0.1, 0.15) is 39.1 Å². The van der Waals surface area contributed by atoms with Crippen LogP contribution in [0.25, 0.3) is 0 Å². The quantitative estimate of drug-likeness (QED) is 0.784. The van der Waals surface area contributed by atoms with Crippen LogP contribution in [0, 0.1) is 11.8 Å². The maximum Gasteiger partial charge on any atom is 0.0893 e.